The molecule has 3 heterocycles. The third kappa shape index (κ3) is 5.40. The van der Waals surface area contributed by atoms with Crippen LogP contribution in [0.15, 0.2) is 52.7 Å². The summed E-state index contributed by atoms with van der Waals surface area (Å²) >= 11 is 0. The number of hydrogen-bond donors (Lipinski definition) is 1. The van der Waals surface area contributed by atoms with Crippen LogP contribution < -0.4 is 10.1 Å². The standard InChI is InChI=1S/C24H29FN6O3.H2S/c1-24(2)17-11-26-20(28-21-18(25)12-27-22(29-21)33-5)16(17)13-31(24)23(32)34-19(14-30(3)4)15-9-7-6-8-10-15;/h6-10,12,19H,11,13-14H2,1-5H3,(H,26,27,28,29);1H2/t19-;/m1./s1. The number of rotatable bonds is 6. The van der Waals surface area contributed by atoms with Crippen LogP contribution in [0.25, 0.3) is 0 Å². The lowest BCUT2D eigenvalue weighted by Crippen LogP contribution is -2.47. The number of benzene rings is 1. The molecule has 4 rings (SSSR count). The maximum Gasteiger partial charge on any atom is 0.411 e. The lowest BCUT2D eigenvalue weighted by molar-refractivity contribution is 0.0383. The fourth-order valence-corrected chi connectivity index (χ4v) is 4.20. The number of carbonyl (C=O) groups is 1. The lowest BCUT2D eigenvalue weighted by atomic mass is 9.94. The van der Waals surface area contributed by atoms with Crippen LogP contribution in [-0.2, 0) is 4.74 Å². The number of ether oxygens (including phenoxy) is 2. The molecule has 2 aliphatic rings. The molecule has 2 aromatic rings. The van der Waals surface area contributed by atoms with Gasteiger partial charge >= 0.3 is 12.1 Å². The van der Waals surface area contributed by atoms with E-state index < -0.39 is 23.6 Å². The van der Waals surface area contributed by atoms with E-state index in [0.717, 1.165) is 22.9 Å². The van der Waals surface area contributed by atoms with Gasteiger partial charge in [-0.05, 0) is 39.1 Å². The van der Waals surface area contributed by atoms with Gasteiger partial charge in [-0.25, -0.2) is 14.2 Å². The third-order valence-electron chi connectivity index (χ3n) is 6.08. The molecule has 188 valence electrons. The fourth-order valence-electron chi connectivity index (χ4n) is 4.20. The van der Waals surface area contributed by atoms with Crippen molar-refractivity contribution < 1.29 is 18.7 Å². The van der Waals surface area contributed by atoms with Gasteiger partial charge in [0.25, 0.3) is 0 Å². The average Bonchev–Trinajstić information content (AvgIpc) is 3.33. The van der Waals surface area contributed by atoms with E-state index in [0.29, 0.717) is 25.5 Å². The summed E-state index contributed by atoms with van der Waals surface area (Å²) in [5, 5.41) is 2.95. The topological polar surface area (TPSA) is 92.2 Å². The van der Waals surface area contributed by atoms with Crippen molar-refractivity contribution in [2.75, 3.05) is 46.2 Å². The minimum Gasteiger partial charge on any atom is -0.467 e. The van der Waals surface area contributed by atoms with E-state index in [1.165, 1.54) is 7.11 Å². The normalized spacial score (nSPS) is 17.0. The number of halogens is 1. The van der Waals surface area contributed by atoms with Crippen molar-refractivity contribution in [2.24, 2.45) is 4.99 Å². The average molecular weight is 503 g/mol. The smallest absolute Gasteiger partial charge is 0.411 e. The largest absolute Gasteiger partial charge is 0.467 e. The Bertz CT molecular complexity index is 1140. The van der Waals surface area contributed by atoms with E-state index in [1.807, 2.05) is 63.2 Å². The molecule has 35 heavy (non-hydrogen) atoms. The second kappa shape index (κ2) is 10.6. The molecule has 11 heteroatoms. The number of amides is 1. The second-order valence-electron chi connectivity index (χ2n) is 8.99. The van der Waals surface area contributed by atoms with Crippen LogP contribution in [0, 0.1) is 5.82 Å². The number of likely N-dealkylation sites (N-methyl/N-ethyl adjacent to an activating group) is 1. The van der Waals surface area contributed by atoms with Crippen molar-refractivity contribution in [2.45, 2.75) is 25.5 Å². The van der Waals surface area contributed by atoms with E-state index in [-0.39, 0.29) is 25.3 Å². The zero-order valence-corrected chi connectivity index (χ0v) is 21.5. The molecule has 1 atom stereocenters. The first kappa shape index (κ1) is 26.4. The number of amidine groups is 1. The number of aliphatic imine (C=N–C) groups is 1. The van der Waals surface area contributed by atoms with Crippen LogP contribution >= 0.6 is 13.5 Å². The van der Waals surface area contributed by atoms with Crippen LogP contribution in [0.5, 0.6) is 6.01 Å². The zero-order valence-electron chi connectivity index (χ0n) is 20.5. The minimum absolute atomic E-state index is 0. The fraction of sp³-hybridized carbons (Fsp3) is 0.417. The quantitative estimate of drug-likeness (QED) is 0.647. The highest BCUT2D eigenvalue weighted by atomic mass is 32.1. The van der Waals surface area contributed by atoms with Gasteiger partial charge in [0.1, 0.15) is 11.9 Å². The van der Waals surface area contributed by atoms with Gasteiger partial charge in [0, 0.05) is 12.1 Å². The number of aromatic nitrogens is 2. The van der Waals surface area contributed by atoms with E-state index >= 15 is 0 Å². The molecule has 0 aliphatic carbocycles. The molecular formula is C24H31FN6O3S. The summed E-state index contributed by atoms with van der Waals surface area (Å²) in [5.41, 5.74) is 2.14. The minimum atomic E-state index is -0.625. The van der Waals surface area contributed by atoms with E-state index in [9.17, 15) is 9.18 Å². The number of nitrogens with one attached hydrogen (secondary N) is 1. The molecule has 1 amide bonds. The molecule has 2 aliphatic heterocycles. The van der Waals surface area contributed by atoms with Gasteiger partial charge in [0.15, 0.2) is 11.6 Å². The SMILES string of the molecule is COc1ncc(F)c(NC2=NCC3=C2CN(C(=O)O[C@H](CN(C)C)c2ccccc2)C3(C)C)n1.S. The molecule has 0 saturated heterocycles. The van der Waals surface area contributed by atoms with Crippen molar-refractivity contribution >= 4 is 31.2 Å². The second-order valence-corrected chi connectivity index (χ2v) is 8.99. The maximum atomic E-state index is 14.3. The van der Waals surface area contributed by atoms with Crippen molar-refractivity contribution in [1.29, 1.82) is 0 Å². The number of carbonyl (C=O) groups excluding carboxylic acids is 1. The van der Waals surface area contributed by atoms with Gasteiger partial charge < -0.3 is 19.7 Å². The van der Waals surface area contributed by atoms with Gasteiger partial charge in [0.2, 0.25) is 0 Å². The number of hydrogen-bond acceptors (Lipinski definition) is 8. The summed E-state index contributed by atoms with van der Waals surface area (Å²) in [5.74, 6) is -0.181. The molecule has 0 bridgehead atoms. The Labute approximate surface area is 211 Å². The summed E-state index contributed by atoms with van der Waals surface area (Å²) in [7, 11) is 5.29. The Balaban J connectivity index is 0.00000342. The molecule has 1 aromatic carbocycles. The Morgan fingerprint density at radius 2 is 2.00 bits per heavy atom. The van der Waals surface area contributed by atoms with Crippen molar-refractivity contribution in [3.63, 3.8) is 0 Å². The van der Waals surface area contributed by atoms with E-state index in [2.05, 4.69) is 20.3 Å². The Kier molecular flexibility index (Phi) is 8.01. The summed E-state index contributed by atoms with van der Waals surface area (Å²) in [6.45, 7) is 5.18. The molecule has 9 nitrogen and oxygen atoms in total. The van der Waals surface area contributed by atoms with E-state index in [1.54, 1.807) is 4.90 Å². The molecule has 0 saturated carbocycles. The molecular weight excluding hydrogens is 471 g/mol. The van der Waals surface area contributed by atoms with Crippen molar-refractivity contribution in [1.82, 2.24) is 19.8 Å². The first-order valence-corrected chi connectivity index (χ1v) is 11.0. The van der Waals surface area contributed by atoms with Gasteiger partial charge in [-0.1, -0.05) is 30.3 Å². The van der Waals surface area contributed by atoms with Crippen LogP contribution in [-0.4, -0.2) is 78.1 Å². The van der Waals surface area contributed by atoms with Crippen molar-refractivity contribution in [3.8, 4) is 6.01 Å². The maximum absolute atomic E-state index is 14.3. The number of anilines is 1. The summed E-state index contributed by atoms with van der Waals surface area (Å²) in [6.07, 6.45) is 0.212. The predicted molar refractivity (Wildman–Crippen MR) is 137 cm³/mol. The predicted octanol–water partition coefficient (Wildman–Crippen LogP) is 3.39. The van der Waals surface area contributed by atoms with Crippen LogP contribution in [0.1, 0.15) is 25.5 Å². The third-order valence-corrected chi connectivity index (χ3v) is 6.08. The molecule has 0 radical (unpaired) electrons. The Morgan fingerprint density at radius 3 is 2.66 bits per heavy atom. The van der Waals surface area contributed by atoms with Crippen LogP contribution in [0.2, 0.25) is 0 Å². The first-order chi connectivity index (χ1) is 16.2. The molecule has 0 spiro atoms. The summed E-state index contributed by atoms with van der Waals surface area (Å²) in [4.78, 5) is 29.3. The number of nitrogens with zero attached hydrogens (tertiary/aromatic N) is 5. The molecule has 0 fully saturated rings. The zero-order chi connectivity index (χ0) is 24.5. The highest BCUT2D eigenvalue weighted by molar-refractivity contribution is 7.59. The van der Waals surface area contributed by atoms with Gasteiger partial charge in [-0.15, -0.1) is 0 Å². The Morgan fingerprint density at radius 1 is 1.29 bits per heavy atom. The Hall–Kier alpha value is -3.18. The molecule has 0 unspecified atom stereocenters. The monoisotopic (exact) mass is 502 g/mol. The summed E-state index contributed by atoms with van der Waals surface area (Å²) < 4.78 is 25.3. The van der Waals surface area contributed by atoms with E-state index in [4.69, 9.17) is 9.47 Å². The van der Waals surface area contributed by atoms with Gasteiger partial charge in [-0.2, -0.15) is 18.5 Å². The lowest BCUT2D eigenvalue weighted by Gasteiger charge is -2.35. The molecule has 1 N–H and O–H groups in total. The highest BCUT2D eigenvalue weighted by Crippen LogP contribution is 2.39. The summed E-state index contributed by atoms with van der Waals surface area (Å²) in [6, 6.07) is 9.73. The highest BCUT2D eigenvalue weighted by Gasteiger charge is 2.46. The first-order valence-electron chi connectivity index (χ1n) is 11.0. The van der Waals surface area contributed by atoms with Crippen LogP contribution in [0.4, 0.5) is 15.0 Å². The van der Waals surface area contributed by atoms with Gasteiger partial charge in [0.05, 0.1) is 31.9 Å². The number of methoxy groups -OCH3 is 1. The van der Waals surface area contributed by atoms with Crippen LogP contribution in [0.3, 0.4) is 0 Å². The van der Waals surface area contributed by atoms with Crippen molar-refractivity contribution in [3.05, 3.63) is 59.1 Å². The van der Waals surface area contributed by atoms with Gasteiger partial charge in [-0.3, -0.25) is 9.89 Å². The molecule has 1 aromatic heterocycles.